The zero-order valence-electron chi connectivity index (χ0n) is 13.8. The second kappa shape index (κ2) is 7.28. The van der Waals surface area contributed by atoms with Gasteiger partial charge >= 0.3 is 0 Å². The van der Waals surface area contributed by atoms with Gasteiger partial charge in [0, 0.05) is 5.56 Å². The van der Waals surface area contributed by atoms with E-state index in [4.69, 9.17) is 9.26 Å². The molecule has 4 rings (SSSR count). The molecule has 0 atom stereocenters. The van der Waals surface area contributed by atoms with E-state index in [0.29, 0.717) is 31.3 Å². The van der Waals surface area contributed by atoms with Crippen LogP contribution >= 0.6 is 0 Å². The Morgan fingerprint density at radius 2 is 1.64 bits per heavy atom. The number of hydrogen-bond donors (Lipinski definition) is 0. The summed E-state index contributed by atoms with van der Waals surface area (Å²) >= 11 is 0. The maximum absolute atomic E-state index is 5.68. The molecule has 25 heavy (non-hydrogen) atoms. The number of hydrogen-bond acceptors (Lipinski definition) is 4. The molecule has 0 amide bonds. The fourth-order valence-electron chi connectivity index (χ4n) is 2.81. The molecule has 124 valence electrons. The normalized spacial score (nSPS) is 11.0. The van der Waals surface area contributed by atoms with Crippen LogP contribution in [-0.2, 0) is 17.8 Å². The molecule has 0 N–H and O–H groups in total. The van der Waals surface area contributed by atoms with Gasteiger partial charge in [-0.2, -0.15) is 4.98 Å². The summed E-state index contributed by atoms with van der Waals surface area (Å²) in [6.07, 6.45) is 0.602. The number of benzene rings is 3. The second-order valence-corrected chi connectivity index (χ2v) is 5.83. The van der Waals surface area contributed by atoms with Crippen LogP contribution in [0.2, 0.25) is 0 Å². The molecule has 0 aliphatic carbocycles. The van der Waals surface area contributed by atoms with Gasteiger partial charge in [0.2, 0.25) is 11.7 Å². The third-order valence-electron chi connectivity index (χ3n) is 4.07. The molecular weight excluding hydrogens is 312 g/mol. The van der Waals surface area contributed by atoms with Crippen LogP contribution in [0.3, 0.4) is 0 Å². The molecule has 1 heterocycles. The van der Waals surface area contributed by atoms with Crippen molar-refractivity contribution in [3.05, 3.63) is 84.3 Å². The summed E-state index contributed by atoms with van der Waals surface area (Å²) in [7, 11) is 0. The molecule has 0 aliphatic heterocycles. The van der Waals surface area contributed by atoms with Crippen molar-refractivity contribution in [3.63, 3.8) is 0 Å². The van der Waals surface area contributed by atoms with E-state index >= 15 is 0 Å². The van der Waals surface area contributed by atoms with Crippen LogP contribution in [0.1, 0.15) is 11.5 Å². The Hall–Kier alpha value is -2.98. The van der Waals surface area contributed by atoms with Crippen molar-refractivity contribution in [1.29, 1.82) is 0 Å². The quantitative estimate of drug-likeness (QED) is 0.483. The smallest absolute Gasteiger partial charge is 0.229 e. The third-order valence-corrected chi connectivity index (χ3v) is 4.07. The molecule has 0 saturated carbocycles. The van der Waals surface area contributed by atoms with Gasteiger partial charge in [-0.3, -0.25) is 0 Å². The standard InChI is InChI=1S/C21H18N2O2/c1-2-7-16(8-3-1)15-24-14-13-20-22-21(23-25-20)19-12-6-10-17-9-4-5-11-18(17)19/h1-12H,13-15H2. The SMILES string of the molecule is c1ccc(COCCc2nc(-c3cccc4ccccc34)no2)cc1. The summed E-state index contributed by atoms with van der Waals surface area (Å²) in [5, 5.41) is 6.42. The Kier molecular flexibility index (Phi) is 4.53. The zero-order valence-corrected chi connectivity index (χ0v) is 13.8. The Morgan fingerprint density at radius 1 is 0.840 bits per heavy atom. The van der Waals surface area contributed by atoms with Gasteiger partial charge in [-0.05, 0) is 16.3 Å². The molecule has 0 saturated heterocycles. The Morgan fingerprint density at radius 3 is 2.56 bits per heavy atom. The van der Waals surface area contributed by atoms with E-state index in [-0.39, 0.29) is 0 Å². The van der Waals surface area contributed by atoms with Crippen LogP contribution in [-0.4, -0.2) is 16.7 Å². The van der Waals surface area contributed by atoms with Crippen LogP contribution in [0.4, 0.5) is 0 Å². The maximum atomic E-state index is 5.68. The molecule has 0 radical (unpaired) electrons. The number of nitrogens with zero attached hydrogens (tertiary/aromatic N) is 2. The lowest BCUT2D eigenvalue weighted by Crippen LogP contribution is -1.99. The number of rotatable bonds is 6. The van der Waals surface area contributed by atoms with Gasteiger partial charge in [0.1, 0.15) is 0 Å². The molecule has 0 fully saturated rings. The lowest BCUT2D eigenvalue weighted by molar-refractivity contribution is 0.118. The van der Waals surface area contributed by atoms with E-state index in [2.05, 4.69) is 28.3 Å². The lowest BCUT2D eigenvalue weighted by atomic mass is 10.0. The highest BCUT2D eigenvalue weighted by Crippen LogP contribution is 2.26. The van der Waals surface area contributed by atoms with Gasteiger partial charge in [-0.15, -0.1) is 0 Å². The van der Waals surface area contributed by atoms with Gasteiger partial charge in [0.25, 0.3) is 0 Å². The molecule has 0 spiro atoms. The predicted molar refractivity (Wildman–Crippen MR) is 97.0 cm³/mol. The van der Waals surface area contributed by atoms with Crippen LogP contribution in [0.25, 0.3) is 22.2 Å². The summed E-state index contributed by atoms with van der Waals surface area (Å²) in [5.74, 6) is 1.21. The summed E-state index contributed by atoms with van der Waals surface area (Å²) in [6.45, 7) is 1.14. The minimum atomic E-state index is 0.548. The van der Waals surface area contributed by atoms with Crippen LogP contribution < -0.4 is 0 Å². The van der Waals surface area contributed by atoms with E-state index in [1.165, 1.54) is 0 Å². The van der Waals surface area contributed by atoms with Gasteiger partial charge in [0.05, 0.1) is 19.6 Å². The molecule has 3 aromatic carbocycles. The summed E-state index contributed by atoms with van der Waals surface area (Å²) < 4.78 is 11.1. The largest absolute Gasteiger partial charge is 0.376 e. The van der Waals surface area contributed by atoms with Gasteiger partial charge in [-0.1, -0.05) is 78.0 Å². The molecule has 4 aromatic rings. The summed E-state index contributed by atoms with van der Waals surface area (Å²) in [6, 6.07) is 24.4. The first-order valence-corrected chi connectivity index (χ1v) is 8.32. The van der Waals surface area contributed by atoms with Crippen LogP contribution in [0.15, 0.2) is 77.3 Å². The third kappa shape index (κ3) is 3.59. The highest BCUT2D eigenvalue weighted by Gasteiger charge is 2.11. The van der Waals surface area contributed by atoms with Crippen molar-refractivity contribution in [2.75, 3.05) is 6.61 Å². The number of fused-ring (bicyclic) bond motifs is 1. The molecule has 0 unspecified atom stereocenters. The van der Waals surface area contributed by atoms with Crippen LogP contribution in [0.5, 0.6) is 0 Å². The Labute approximate surface area is 146 Å². The monoisotopic (exact) mass is 330 g/mol. The van der Waals surface area contributed by atoms with E-state index in [9.17, 15) is 0 Å². The Balaban J connectivity index is 1.42. The van der Waals surface area contributed by atoms with Gasteiger partial charge < -0.3 is 9.26 Å². The first-order chi connectivity index (χ1) is 12.4. The minimum Gasteiger partial charge on any atom is -0.376 e. The number of ether oxygens (including phenoxy) is 1. The van der Waals surface area contributed by atoms with Crippen molar-refractivity contribution < 1.29 is 9.26 Å². The van der Waals surface area contributed by atoms with Crippen molar-refractivity contribution in [2.45, 2.75) is 13.0 Å². The number of aromatic nitrogens is 2. The first-order valence-electron chi connectivity index (χ1n) is 8.32. The molecule has 0 aliphatic rings. The minimum absolute atomic E-state index is 0.548. The fourth-order valence-corrected chi connectivity index (χ4v) is 2.81. The van der Waals surface area contributed by atoms with E-state index < -0.39 is 0 Å². The Bertz CT molecular complexity index is 958. The second-order valence-electron chi connectivity index (χ2n) is 5.83. The summed E-state index contributed by atoms with van der Waals surface area (Å²) in [4.78, 5) is 4.52. The average molecular weight is 330 g/mol. The molecule has 1 aromatic heterocycles. The topological polar surface area (TPSA) is 48.2 Å². The molecular formula is C21H18N2O2. The highest BCUT2D eigenvalue weighted by molar-refractivity contribution is 5.94. The molecule has 4 nitrogen and oxygen atoms in total. The van der Waals surface area contributed by atoms with Crippen molar-refractivity contribution >= 4 is 10.8 Å². The lowest BCUT2D eigenvalue weighted by Gasteiger charge is -2.02. The van der Waals surface area contributed by atoms with E-state index in [1.807, 2.05) is 54.6 Å². The first kappa shape index (κ1) is 15.5. The molecule has 4 heteroatoms. The fraction of sp³-hybridized carbons (Fsp3) is 0.143. The van der Waals surface area contributed by atoms with Crippen molar-refractivity contribution in [2.24, 2.45) is 0 Å². The van der Waals surface area contributed by atoms with Crippen LogP contribution in [0, 0.1) is 0 Å². The van der Waals surface area contributed by atoms with E-state index in [1.54, 1.807) is 0 Å². The van der Waals surface area contributed by atoms with Crippen molar-refractivity contribution in [1.82, 2.24) is 10.1 Å². The summed E-state index contributed by atoms with van der Waals surface area (Å²) in [5.41, 5.74) is 2.14. The molecule has 0 bridgehead atoms. The predicted octanol–water partition coefficient (Wildman–Crippen LogP) is 4.65. The highest BCUT2D eigenvalue weighted by atomic mass is 16.5. The van der Waals surface area contributed by atoms with Gasteiger partial charge in [-0.25, -0.2) is 0 Å². The average Bonchev–Trinajstić information content (AvgIpc) is 3.14. The zero-order chi connectivity index (χ0) is 16.9. The maximum Gasteiger partial charge on any atom is 0.229 e. The van der Waals surface area contributed by atoms with E-state index in [0.717, 1.165) is 21.9 Å². The van der Waals surface area contributed by atoms with Gasteiger partial charge in [0.15, 0.2) is 0 Å². The van der Waals surface area contributed by atoms with Crippen molar-refractivity contribution in [3.8, 4) is 11.4 Å².